The van der Waals surface area contributed by atoms with Gasteiger partial charge < -0.3 is 15.2 Å². The summed E-state index contributed by atoms with van der Waals surface area (Å²) in [4.78, 5) is 30.4. The first-order valence-corrected chi connectivity index (χ1v) is 12.4. The molecule has 4 aromatic rings. The van der Waals surface area contributed by atoms with Crippen LogP contribution in [0.4, 0.5) is 5.13 Å². The van der Waals surface area contributed by atoms with Crippen molar-refractivity contribution < 1.29 is 9.59 Å². The highest BCUT2D eigenvalue weighted by atomic mass is 32.1. The van der Waals surface area contributed by atoms with Crippen LogP contribution < -0.4 is 5.32 Å². The van der Waals surface area contributed by atoms with Crippen molar-refractivity contribution in [1.29, 1.82) is 0 Å². The first-order valence-electron chi connectivity index (χ1n) is 11.6. The molecule has 1 aliphatic rings. The number of nitrogens with zero attached hydrogens (tertiary/aromatic N) is 3. The molecule has 1 fully saturated rings. The molecule has 8 heteroatoms. The lowest BCUT2D eigenvalue weighted by Gasteiger charge is -2.16. The van der Waals surface area contributed by atoms with E-state index in [0.717, 1.165) is 29.8 Å². The van der Waals surface area contributed by atoms with Crippen LogP contribution in [0.2, 0.25) is 0 Å². The van der Waals surface area contributed by atoms with Gasteiger partial charge in [0.25, 0.3) is 0 Å². The summed E-state index contributed by atoms with van der Waals surface area (Å²) in [6, 6.07) is 16.6. The Morgan fingerprint density at radius 1 is 1.15 bits per heavy atom. The summed E-state index contributed by atoms with van der Waals surface area (Å²) in [5, 5.41) is 13.8. The first-order chi connectivity index (χ1) is 16.5. The minimum absolute atomic E-state index is 0.0250. The van der Waals surface area contributed by atoms with Gasteiger partial charge in [-0.1, -0.05) is 53.3 Å². The minimum atomic E-state index is -0.366. The lowest BCUT2D eigenvalue weighted by molar-refractivity contribution is -0.128. The molecule has 2 aromatic heterocycles. The van der Waals surface area contributed by atoms with Crippen LogP contribution in [0.1, 0.15) is 28.1 Å². The summed E-state index contributed by atoms with van der Waals surface area (Å²) in [7, 11) is 0. The highest BCUT2D eigenvalue weighted by molar-refractivity contribution is 7.15. The van der Waals surface area contributed by atoms with E-state index in [1.54, 1.807) is 4.90 Å². The lowest BCUT2D eigenvalue weighted by atomic mass is 10.1. The molecule has 3 heterocycles. The van der Waals surface area contributed by atoms with Crippen molar-refractivity contribution in [2.24, 2.45) is 5.92 Å². The summed E-state index contributed by atoms with van der Waals surface area (Å²) in [6.07, 6.45) is 4.66. The third kappa shape index (κ3) is 5.02. The van der Waals surface area contributed by atoms with Gasteiger partial charge in [-0.3, -0.25) is 9.59 Å². The van der Waals surface area contributed by atoms with E-state index in [1.807, 2.05) is 24.4 Å². The van der Waals surface area contributed by atoms with Gasteiger partial charge in [0, 0.05) is 43.0 Å². The molecule has 1 atom stereocenters. The summed E-state index contributed by atoms with van der Waals surface area (Å²) in [5.41, 5.74) is 4.75. The van der Waals surface area contributed by atoms with Gasteiger partial charge in [-0.15, -0.1) is 10.2 Å². The predicted molar refractivity (Wildman–Crippen MR) is 134 cm³/mol. The van der Waals surface area contributed by atoms with E-state index < -0.39 is 0 Å². The van der Waals surface area contributed by atoms with E-state index in [1.165, 1.54) is 33.4 Å². The Bertz CT molecular complexity index is 1310. The normalized spacial score (nSPS) is 15.9. The van der Waals surface area contributed by atoms with Crippen LogP contribution in [0.15, 0.2) is 54.7 Å². The van der Waals surface area contributed by atoms with Crippen LogP contribution in [-0.2, 0) is 28.9 Å². The highest BCUT2D eigenvalue weighted by Crippen LogP contribution is 2.24. The Morgan fingerprint density at radius 3 is 2.85 bits per heavy atom. The average molecular weight is 474 g/mol. The maximum Gasteiger partial charge on any atom is 0.231 e. The fourth-order valence-electron chi connectivity index (χ4n) is 4.43. The quantitative estimate of drug-likeness (QED) is 0.402. The van der Waals surface area contributed by atoms with E-state index in [9.17, 15) is 9.59 Å². The Balaban J connectivity index is 1.13. The van der Waals surface area contributed by atoms with Crippen molar-refractivity contribution in [2.45, 2.75) is 32.6 Å². The van der Waals surface area contributed by atoms with Crippen LogP contribution in [0.3, 0.4) is 0 Å². The molecule has 0 aliphatic carbocycles. The van der Waals surface area contributed by atoms with Gasteiger partial charge in [0.05, 0.1) is 5.92 Å². The molecule has 1 aliphatic heterocycles. The molecule has 2 N–H and O–H groups in total. The number of H-pyrrole nitrogens is 1. The molecule has 2 aromatic carbocycles. The molecule has 7 nitrogen and oxygen atoms in total. The van der Waals surface area contributed by atoms with Crippen molar-refractivity contribution in [3.63, 3.8) is 0 Å². The smallest absolute Gasteiger partial charge is 0.231 e. The Hall–Kier alpha value is -3.52. The van der Waals surface area contributed by atoms with Crippen molar-refractivity contribution >= 4 is 39.2 Å². The summed E-state index contributed by atoms with van der Waals surface area (Å²) in [5.74, 6) is -0.504. The number of aryl methyl sites for hydroxylation is 3. The summed E-state index contributed by atoms with van der Waals surface area (Å²) >= 11 is 1.40. The van der Waals surface area contributed by atoms with Crippen LogP contribution in [-0.4, -0.2) is 45.0 Å². The number of carbonyl (C=O) groups excluding carboxylic acids is 2. The van der Waals surface area contributed by atoms with Gasteiger partial charge in [-0.2, -0.15) is 0 Å². The van der Waals surface area contributed by atoms with Gasteiger partial charge in [-0.25, -0.2) is 0 Å². The average Bonchev–Trinajstić information content (AvgIpc) is 3.55. The molecule has 34 heavy (non-hydrogen) atoms. The molecule has 1 saturated heterocycles. The SMILES string of the molecule is Cc1ccc2[nH]cc(CCN3CC(C(=O)Nc4nnc(CCc5ccccc5)s4)CC3=O)c2c1. The molecule has 0 spiro atoms. The molecule has 5 rings (SSSR count). The van der Waals surface area contributed by atoms with E-state index in [2.05, 4.69) is 57.8 Å². The number of aromatic nitrogens is 3. The second-order valence-corrected chi connectivity index (χ2v) is 9.89. The second kappa shape index (κ2) is 9.77. The Morgan fingerprint density at radius 2 is 2.00 bits per heavy atom. The van der Waals surface area contributed by atoms with Crippen LogP contribution in [0.5, 0.6) is 0 Å². The van der Waals surface area contributed by atoms with Crippen LogP contribution in [0.25, 0.3) is 10.9 Å². The third-order valence-electron chi connectivity index (χ3n) is 6.33. The summed E-state index contributed by atoms with van der Waals surface area (Å²) < 4.78 is 0. The first kappa shape index (κ1) is 22.3. The van der Waals surface area contributed by atoms with Crippen molar-refractivity contribution in [1.82, 2.24) is 20.1 Å². The van der Waals surface area contributed by atoms with E-state index in [-0.39, 0.29) is 24.2 Å². The number of rotatable bonds is 8. The number of anilines is 1. The van der Waals surface area contributed by atoms with Gasteiger partial charge >= 0.3 is 0 Å². The topological polar surface area (TPSA) is 91.0 Å². The van der Waals surface area contributed by atoms with Gasteiger partial charge in [0.2, 0.25) is 16.9 Å². The molecule has 0 radical (unpaired) electrons. The number of aromatic amines is 1. The number of fused-ring (bicyclic) bond motifs is 1. The second-order valence-electron chi connectivity index (χ2n) is 8.83. The number of hydrogen-bond acceptors (Lipinski definition) is 5. The minimum Gasteiger partial charge on any atom is -0.361 e. The summed E-state index contributed by atoms with van der Waals surface area (Å²) in [6.45, 7) is 3.12. The molecular formula is C26H27N5O2S. The molecular weight excluding hydrogens is 446 g/mol. The number of nitrogens with one attached hydrogen (secondary N) is 2. The van der Waals surface area contributed by atoms with Gasteiger partial charge in [0.1, 0.15) is 5.01 Å². The van der Waals surface area contributed by atoms with E-state index in [4.69, 9.17) is 0 Å². The fraction of sp³-hybridized carbons (Fsp3) is 0.308. The number of likely N-dealkylation sites (tertiary alicyclic amines) is 1. The molecule has 2 amide bonds. The zero-order valence-electron chi connectivity index (χ0n) is 19.1. The number of benzene rings is 2. The van der Waals surface area contributed by atoms with E-state index in [0.29, 0.717) is 18.2 Å². The molecule has 1 unspecified atom stereocenters. The fourth-order valence-corrected chi connectivity index (χ4v) is 5.17. The Labute approximate surface area is 202 Å². The standard InChI is InChI=1S/C26H27N5O2S/c1-17-7-9-22-21(13-17)19(15-27-22)11-12-31-16-20(14-24(31)32)25(33)28-26-30-29-23(34-26)10-8-18-5-3-2-4-6-18/h2-7,9,13,15,20,27H,8,10-12,14,16H2,1H3,(H,28,30,33). The Kier molecular flexibility index (Phi) is 6.40. The maximum atomic E-state index is 12.8. The maximum absolute atomic E-state index is 12.8. The zero-order valence-corrected chi connectivity index (χ0v) is 19.9. The number of amides is 2. The number of carbonyl (C=O) groups is 2. The largest absolute Gasteiger partial charge is 0.361 e. The zero-order chi connectivity index (χ0) is 23.5. The molecule has 0 saturated carbocycles. The van der Waals surface area contributed by atoms with Crippen molar-refractivity contribution in [3.8, 4) is 0 Å². The van der Waals surface area contributed by atoms with Gasteiger partial charge in [-0.05, 0) is 43.0 Å². The molecule has 0 bridgehead atoms. The van der Waals surface area contributed by atoms with Crippen molar-refractivity contribution in [2.75, 3.05) is 18.4 Å². The van der Waals surface area contributed by atoms with E-state index >= 15 is 0 Å². The monoisotopic (exact) mass is 473 g/mol. The van der Waals surface area contributed by atoms with Crippen LogP contribution in [0, 0.1) is 12.8 Å². The third-order valence-corrected chi connectivity index (χ3v) is 7.23. The molecule has 174 valence electrons. The van der Waals surface area contributed by atoms with Crippen molar-refractivity contribution in [3.05, 3.63) is 76.4 Å². The predicted octanol–water partition coefficient (Wildman–Crippen LogP) is 4.14. The number of hydrogen-bond donors (Lipinski definition) is 2. The van der Waals surface area contributed by atoms with Gasteiger partial charge in [0.15, 0.2) is 0 Å². The lowest BCUT2D eigenvalue weighted by Crippen LogP contribution is -2.30. The highest BCUT2D eigenvalue weighted by Gasteiger charge is 2.34. The van der Waals surface area contributed by atoms with Crippen LogP contribution >= 0.6 is 11.3 Å².